The molecule has 2 amide bonds. The number of ether oxygens (including phenoxy) is 3. The summed E-state index contributed by atoms with van der Waals surface area (Å²) in [5.41, 5.74) is 1.48. The van der Waals surface area contributed by atoms with Gasteiger partial charge in [0.1, 0.15) is 22.3 Å². The van der Waals surface area contributed by atoms with Gasteiger partial charge in [-0.25, -0.2) is 15.0 Å². The number of hydrogen-bond acceptors (Lipinski definition) is 12. The molecular formula is C36H47ClN8O5S. The van der Waals surface area contributed by atoms with E-state index >= 15 is 0 Å². The van der Waals surface area contributed by atoms with Gasteiger partial charge in [-0.2, -0.15) is 0 Å². The molecule has 274 valence electrons. The quantitative estimate of drug-likeness (QED) is 0.124. The van der Waals surface area contributed by atoms with E-state index in [-0.39, 0.29) is 17.7 Å². The number of aromatic nitrogens is 3. The normalized spacial score (nSPS) is 19.8. The number of carbonyl (C=O) groups excluding carboxylic acids is 2. The van der Waals surface area contributed by atoms with E-state index in [9.17, 15) is 9.59 Å². The van der Waals surface area contributed by atoms with Crippen molar-refractivity contribution in [3.63, 3.8) is 0 Å². The third kappa shape index (κ3) is 10.5. The third-order valence-electron chi connectivity index (χ3n) is 9.40. The SMILES string of the molecule is Cc1nc(Nc2ncc(C(=O)Nc3c(C)cccc3Cl)s2)cc(N2CCN(CCOCCOCCOCCNC(=O)[C@H]3C[C@H]4C=C[C@@H]3C4)CC2)n1. The molecule has 2 fully saturated rings. The number of piperazine rings is 1. The van der Waals surface area contributed by atoms with Crippen molar-refractivity contribution < 1.29 is 23.8 Å². The second-order valence-corrected chi connectivity index (χ2v) is 14.5. The van der Waals surface area contributed by atoms with Crippen molar-refractivity contribution >= 4 is 57.2 Å². The fraction of sp³-hybridized carbons (Fsp3) is 0.528. The lowest BCUT2D eigenvalue weighted by Gasteiger charge is -2.35. The van der Waals surface area contributed by atoms with Crippen LogP contribution in [0.25, 0.3) is 0 Å². The van der Waals surface area contributed by atoms with Crippen molar-refractivity contribution in [1.29, 1.82) is 0 Å². The van der Waals surface area contributed by atoms with Crippen LogP contribution in [0.15, 0.2) is 42.6 Å². The molecule has 2 aromatic heterocycles. The van der Waals surface area contributed by atoms with Crippen molar-refractivity contribution in [3.8, 4) is 0 Å². The molecule has 2 bridgehead atoms. The topological polar surface area (TPSA) is 143 Å². The molecule has 0 radical (unpaired) electrons. The average Bonchev–Trinajstić information content (AvgIpc) is 3.89. The molecule has 0 unspecified atom stereocenters. The summed E-state index contributed by atoms with van der Waals surface area (Å²) in [6.07, 6.45) is 8.11. The number of anilines is 4. The first-order valence-corrected chi connectivity index (χ1v) is 18.8. The van der Waals surface area contributed by atoms with Gasteiger partial charge in [0.2, 0.25) is 5.91 Å². The maximum absolute atomic E-state index is 12.9. The summed E-state index contributed by atoms with van der Waals surface area (Å²) < 4.78 is 17.0. The molecule has 0 spiro atoms. The molecule has 3 aromatic rings. The number of thiazole rings is 1. The van der Waals surface area contributed by atoms with Crippen LogP contribution in [0.4, 0.5) is 22.5 Å². The number of fused-ring (bicyclic) bond motifs is 2. The van der Waals surface area contributed by atoms with E-state index in [1.54, 1.807) is 12.3 Å². The Kier molecular flexibility index (Phi) is 13.2. The number of halogens is 1. The summed E-state index contributed by atoms with van der Waals surface area (Å²) in [4.78, 5) is 43.9. The first-order valence-electron chi connectivity index (χ1n) is 17.6. The Morgan fingerprint density at radius 3 is 2.45 bits per heavy atom. The molecular weight excluding hydrogens is 692 g/mol. The number of aryl methyl sites for hydroxylation is 2. The Balaban J connectivity index is 0.815. The molecule has 3 atom stereocenters. The monoisotopic (exact) mass is 738 g/mol. The lowest BCUT2D eigenvalue weighted by atomic mass is 9.93. The number of hydrogen-bond donors (Lipinski definition) is 3. The Morgan fingerprint density at radius 1 is 0.961 bits per heavy atom. The van der Waals surface area contributed by atoms with E-state index in [2.05, 4.69) is 52.9 Å². The zero-order valence-electron chi connectivity index (χ0n) is 29.2. The maximum atomic E-state index is 12.9. The van der Waals surface area contributed by atoms with Crippen LogP contribution in [0.5, 0.6) is 0 Å². The van der Waals surface area contributed by atoms with Gasteiger partial charge in [0.05, 0.1) is 56.5 Å². The maximum Gasteiger partial charge on any atom is 0.267 e. The van der Waals surface area contributed by atoms with Gasteiger partial charge in [-0.3, -0.25) is 14.5 Å². The molecule has 1 aliphatic heterocycles. The first-order chi connectivity index (χ1) is 24.8. The molecule has 1 saturated carbocycles. The number of benzene rings is 1. The summed E-state index contributed by atoms with van der Waals surface area (Å²) in [7, 11) is 0. The van der Waals surface area contributed by atoms with E-state index in [4.69, 9.17) is 25.8 Å². The van der Waals surface area contributed by atoms with Crippen molar-refractivity contribution in [3.05, 3.63) is 63.9 Å². The molecule has 13 nitrogen and oxygen atoms in total. The van der Waals surface area contributed by atoms with Gasteiger partial charge in [0.15, 0.2) is 5.13 Å². The van der Waals surface area contributed by atoms with Crippen LogP contribution in [0.3, 0.4) is 0 Å². The minimum atomic E-state index is -0.271. The lowest BCUT2D eigenvalue weighted by molar-refractivity contribution is -0.126. The number of para-hydroxylation sites is 1. The van der Waals surface area contributed by atoms with E-state index in [0.717, 1.165) is 56.9 Å². The minimum Gasteiger partial charge on any atom is -0.378 e. The highest BCUT2D eigenvalue weighted by atomic mass is 35.5. The van der Waals surface area contributed by atoms with Gasteiger partial charge in [0.25, 0.3) is 5.91 Å². The van der Waals surface area contributed by atoms with Crippen molar-refractivity contribution in [2.24, 2.45) is 17.8 Å². The predicted molar refractivity (Wildman–Crippen MR) is 199 cm³/mol. The number of rotatable bonds is 18. The fourth-order valence-corrected chi connectivity index (χ4v) is 7.67. The van der Waals surface area contributed by atoms with Crippen LogP contribution < -0.4 is 20.9 Å². The van der Waals surface area contributed by atoms with Gasteiger partial charge in [-0.1, -0.05) is 47.2 Å². The van der Waals surface area contributed by atoms with Gasteiger partial charge >= 0.3 is 0 Å². The summed E-state index contributed by atoms with van der Waals surface area (Å²) >= 11 is 7.52. The molecule has 3 heterocycles. The van der Waals surface area contributed by atoms with E-state index in [0.29, 0.717) is 90.4 Å². The molecule has 15 heteroatoms. The number of allylic oxidation sites excluding steroid dienone is 2. The van der Waals surface area contributed by atoms with Gasteiger partial charge in [-0.05, 0) is 50.2 Å². The highest BCUT2D eigenvalue weighted by Crippen LogP contribution is 2.43. The van der Waals surface area contributed by atoms with Crippen molar-refractivity contribution in [2.75, 3.05) is 94.4 Å². The minimum absolute atomic E-state index is 0.139. The largest absolute Gasteiger partial charge is 0.378 e. The van der Waals surface area contributed by atoms with Gasteiger partial charge in [0, 0.05) is 51.3 Å². The molecule has 3 N–H and O–H groups in total. The van der Waals surface area contributed by atoms with Crippen LogP contribution in [0.2, 0.25) is 5.02 Å². The standard InChI is InChI=1S/C36H47ClN8O5S/c1-24-4-3-5-29(37)33(24)43-35(47)30-23-39-36(51-30)42-31-22-32(41-25(2)40-31)45-11-9-44(10-12-45)13-15-49-17-19-50-18-16-48-14-8-38-34(46)28-21-26-6-7-27(28)20-26/h3-7,22-23,26-28H,8-21H2,1-2H3,(H,38,46)(H,43,47)(H,39,40,41,42)/t26-,27+,28-/m0/s1. The van der Waals surface area contributed by atoms with Crippen molar-refractivity contribution in [2.45, 2.75) is 26.7 Å². The third-order valence-corrected chi connectivity index (χ3v) is 10.6. The van der Waals surface area contributed by atoms with E-state index in [1.165, 1.54) is 11.3 Å². The fourth-order valence-electron chi connectivity index (χ4n) is 6.69. The number of amides is 2. The molecule has 3 aliphatic rings. The number of nitrogens with one attached hydrogen (secondary N) is 3. The summed E-state index contributed by atoms with van der Waals surface area (Å²) in [5, 5.41) is 10.2. The lowest BCUT2D eigenvalue weighted by Crippen LogP contribution is -2.47. The van der Waals surface area contributed by atoms with E-state index in [1.807, 2.05) is 32.0 Å². The molecule has 1 aromatic carbocycles. The first kappa shape index (κ1) is 37.1. The zero-order valence-corrected chi connectivity index (χ0v) is 30.8. The molecule has 51 heavy (non-hydrogen) atoms. The number of nitrogens with zero attached hydrogens (tertiary/aromatic N) is 5. The van der Waals surface area contributed by atoms with Gasteiger partial charge in [-0.15, -0.1) is 0 Å². The predicted octanol–water partition coefficient (Wildman–Crippen LogP) is 4.70. The van der Waals surface area contributed by atoms with Crippen LogP contribution in [0.1, 0.15) is 33.9 Å². The smallest absolute Gasteiger partial charge is 0.267 e. The van der Waals surface area contributed by atoms with Crippen LogP contribution in [-0.2, 0) is 19.0 Å². The highest BCUT2D eigenvalue weighted by Gasteiger charge is 2.39. The highest BCUT2D eigenvalue weighted by molar-refractivity contribution is 7.17. The summed E-state index contributed by atoms with van der Waals surface area (Å²) in [6.45, 7) is 11.8. The molecule has 1 saturated heterocycles. The van der Waals surface area contributed by atoms with Gasteiger partial charge < -0.3 is 35.1 Å². The van der Waals surface area contributed by atoms with Crippen LogP contribution >= 0.6 is 22.9 Å². The Morgan fingerprint density at radius 2 is 1.73 bits per heavy atom. The van der Waals surface area contributed by atoms with Crippen LogP contribution in [0, 0.1) is 31.6 Å². The zero-order chi connectivity index (χ0) is 35.6. The Bertz CT molecular complexity index is 1650. The van der Waals surface area contributed by atoms with E-state index < -0.39 is 0 Å². The Hall–Kier alpha value is -3.66. The summed E-state index contributed by atoms with van der Waals surface area (Å²) in [5.74, 6) is 3.18. The summed E-state index contributed by atoms with van der Waals surface area (Å²) in [6, 6.07) is 7.41. The molecule has 6 rings (SSSR count). The Labute approximate surface area is 308 Å². The number of carbonyl (C=O) groups is 2. The second-order valence-electron chi connectivity index (χ2n) is 13.0. The van der Waals surface area contributed by atoms with Crippen molar-refractivity contribution in [1.82, 2.24) is 25.2 Å². The average molecular weight is 739 g/mol. The van der Waals surface area contributed by atoms with Crippen LogP contribution in [-0.4, -0.2) is 111 Å². The second kappa shape index (κ2) is 18.2. The molecule has 2 aliphatic carbocycles.